The fourth-order valence-corrected chi connectivity index (χ4v) is 2.45. The molecule has 126 valence electrons. The maximum absolute atomic E-state index is 12.3. The number of hydrogen-bond donors (Lipinski definition) is 2. The number of para-hydroxylation sites is 1. The predicted molar refractivity (Wildman–Crippen MR) is 87.9 cm³/mol. The fraction of sp³-hybridized carbons (Fsp3) is 0.294. The van der Waals surface area contributed by atoms with Crippen molar-refractivity contribution >= 4 is 16.9 Å². The molecule has 0 fully saturated rings. The summed E-state index contributed by atoms with van der Waals surface area (Å²) in [5.41, 5.74) is -0.0890. The zero-order valence-electron chi connectivity index (χ0n) is 13.7. The van der Waals surface area contributed by atoms with Gasteiger partial charge in [0.15, 0.2) is 17.1 Å². The molecular formula is C17H19N3O4. The Labute approximate surface area is 138 Å². The monoisotopic (exact) mass is 329 g/mol. The van der Waals surface area contributed by atoms with Gasteiger partial charge in [-0.2, -0.15) is 5.10 Å². The van der Waals surface area contributed by atoms with Crippen LogP contribution in [0.2, 0.25) is 0 Å². The van der Waals surface area contributed by atoms with Gasteiger partial charge in [-0.05, 0) is 19.1 Å². The Balaban J connectivity index is 1.75. The number of nitrogens with zero attached hydrogens (tertiary/aromatic N) is 2. The van der Waals surface area contributed by atoms with Gasteiger partial charge in [-0.1, -0.05) is 12.1 Å². The average molecular weight is 329 g/mol. The van der Waals surface area contributed by atoms with E-state index in [2.05, 4.69) is 10.4 Å². The van der Waals surface area contributed by atoms with Gasteiger partial charge in [-0.25, -0.2) is 0 Å². The first-order valence-corrected chi connectivity index (χ1v) is 7.47. The molecule has 1 atom stereocenters. The maximum Gasteiger partial charge on any atom is 0.287 e. The summed E-state index contributed by atoms with van der Waals surface area (Å²) in [7, 11) is 3.31. The number of aryl methyl sites for hydroxylation is 1. The smallest absolute Gasteiger partial charge is 0.287 e. The third-order valence-electron chi connectivity index (χ3n) is 3.87. The summed E-state index contributed by atoms with van der Waals surface area (Å²) in [5.74, 6) is 0.322. The molecule has 0 aliphatic heterocycles. The normalized spacial score (nSPS) is 13.7. The van der Waals surface area contributed by atoms with E-state index in [4.69, 9.17) is 9.15 Å². The predicted octanol–water partition coefficient (Wildman–Crippen LogP) is 1.81. The van der Waals surface area contributed by atoms with Crippen molar-refractivity contribution in [1.82, 2.24) is 15.1 Å². The Hall–Kier alpha value is -2.80. The first-order valence-electron chi connectivity index (χ1n) is 7.47. The molecule has 0 spiro atoms. The SMILES string of the molecule is COc1cccc2cc(C(=O)NCC(C)(O)c3cnn(C)c3)oc12. The van der Waals surface area contributed by atoms with Crippen molar-refractivity contribution in [2.24, 2.45) is 7.05 Å². The number of benzene rings is 1. The third kappa shape index (κ3) is 2.98. The van der Waals surface area contributed by atoms with Crippen LogP contribution in [0, 0.1) is 0 Å². The van der Waals surface area contributed by atoms with Gasteiger partial charge in [0, 0.05) is 24.2 Å². The van der Waals surface area contributed by atoms with E-state index in [0.29, 0.717) is 16.9 Å². The van der Waals surface area contributed by atoms with Crippen LogP contribution < -0.4 is 10.1 Å². The minimum absolute atomic E-state index is 0.0334. The van der Waals surface area contributed by atoms with E-state index in [0.717, 1.165) is 5.39 Å². The first-order chi connectivity index (χ1) is 11.4. The van der Waals surface area contributed by atoms with Crippen LogP contribution in [-0.4, -0.2) is 34.4 Å². The summed E-state index contributed by atoms with van der Waals surface area (Å²) in [4.78, 5) is 12.3. The largest absolute Gasteiger partial charge is 0.493 e. The lowest BCUT2D eigenvalue weighted by Crippen LogP contribution is -2.38. The van der Waals surface area contributed by atoms with Gasteiger partial charge in [0.2, 0.25) is 0 Å². The number of amides is 1. The van der Waals surface area contributed by atoms with Crippen LogP contribution in [0.5, 0.6) is 5.75 Å². The molecule has 1 aromatic carbocycles. The van der Waals surface area contributed by atoms with Crippen LogP contribution in [0.3, 0.4) is 0 Å². The zero-order valence-corrected chi connectivity index (χ0v) is 13.7. The highest BCUT2D eigenvalue weighted by Gasteiger charge is 2.26. The van der Waals surface area contributed by atoms with E-state index in [1.54, 1.807) is 50.3 Å². The highest BCUT2D eigenvalue weighted by molar-refractivity contribution is 5.97. The maximum atomic E-state index is 12.3. The highest BCUT2D eigenvalue weighted by atomic mass is 16.5. The number of rotatable bonds is 5. The lowest BCUT2D eigenvalue weighted by atomic mass is 10.00. The molecule has 0 saturated heterocycles. The number of ether oxygens (including phenoxy) is 1. The van der Waals surface area contributed by atoms with E-state index in [1.165, 1.54) is 0 Å². The number of nitrogens with one attached hydrogen (secondary N) is 1. The molecule has 1 unspecified atom stereocenters. The second-order valence-electron chi connectivity index (χ2n) is 5.85. The van der Waals surface area contributed by atoms with Crippen LogP contribution in [-0.2, 0) is 12.6 Å². The van der Waals surface area contributed by atoms with Gasteiger partial charge in [0.25, 0.3) is 5.91 Å². The minimum atomic E-state index is -1.23. The molecule has 0 aliphatic rings. The van der Waals surface area contributed by atoms with E-state index >= 15 is 0 Å². The number of methoxy groups -OCH3 is 1. The molecule has 0 aliphatic carbocycles. The molecule has 0 saturated carbocycles. The lowest BCUT2D eigenvalue weighted by Gasteiger charge is -2.21. The van der Waals surface area contributed by atoms with Gasteiger partial charge >= 0.3 is 0 Å². The van der Waals surface area contributed by atoms with Crippen molar-refractivity contribution in [1.29, 1.82) is 0 Å². The van der Waals surface area contributed by atoms with Crippen molar-refractivity contribution in [3.63, 3.8) is 0 Å². The molecule has 3 aromatic rings. The Morgan fingerprint density at radius 1 is 1.50 bits per heavy atom. The van der Waals surface area contributed by atoms with Gasteiger partial charge in [0.1, 0.15) is 5.60 Å². The quantitative estimate of drug-likeness (QED) is 0.745. The Kier molecular flexibility index (Phi) is 4.02. The molecule has 7 nitrogen and oxygen atoms in total. The van der Waals surface area contributed by atoms with E-state index < -0.39 is 11.5 Å². The first kappa shape index (κ1) is 16.1. The molecule has 1 amide bonds. The van der Waals surface area contributed by atoms with Crippen molar-refractivity contribution < 1.29 is 19.1 Å². The van der Waals surface area contributed by atoms with Crippen molar-refractivity contribution in [3.8, 4) is 5.75 Å². The second kappa shape index (κ2) is 6.01. The number of aromatic nitrogens is 2. The topological polar surface area (TPSA) is 89.5 Å². The summed E-state index contributed by atoms with van der Waals surface area (Å²) in [6.07, 6.45) is 3.27. The lowest BCUT2D eigenvalue weighted by molar-refractivity contribution is 0.0519. The second-order valence-corrected chi connectivity index (χ2v) is 5.85. The summed E-state index contributed by atoms with van der Waals surface area (Å²) in [5, 5.41) is 18.0. The Morgan fingerprint density at radius 3 is 2.96 bits per heavy atom. The molecule has 2 heterocycles. The van der Waals surface area contributed by atoms with Crippen molar-refractivity contribution in [2.75, 3.05) is 13.7 Å². The van der Waals surface area contributed by atoms with Crippen LogP contribution in [0.15, 0.2) is 41.1 Å². The van der Waals surface area contributed by atoms with E-state index in [9.17, 15) is 9.90 Å². The molecule has 2 N–H and O–H groups in total. The van der Waals surface area contributed by atoms with Gasteiger partial charge in [-0.3, -0.25) is 9.48 Å². The van der Waals surface area contributed by atoms with Crippen LogP contribution >= 0.6 is 0 Å². The molecular weight excluding hydrogens is 310 g/mol. The summed E-state index contributed by atoms with van der Waals surface area (Å²) in [6.45, 7) is 1.65. The molecule has 0 radical (unpaired) electrons. The van der Waals surface area contributed by atoms with Crippen LogP contribution in [0.1, 0.15) is 23.0 Å². The number of fused-ring (bicyclic) bond motifs is 1. The summed E-state index contributed by atoms with van der Waals surface area (Å²) >= 11 is 0. The number of hydrogen-bond acceptors (Lipinski definition) is 5. The van der Waals surface area contributed by atoms with Gasteiger partial charge in [-0.15, -0.1) is 0 Å². The van der Waals surface area contributed by atoms with E-state index in [1.807, 2.05) is 12.1 Å². The molecule has 24 heavy (non-hydrogen) atoms. The standard InChI is InChI=1S/C17H19N3O4/c1-17(22,12-8-19-20(2)9-12)10-18-16(21)14-7-11-5-4-6-13(23-3)15(11)24-14/h4-9,22H,10H2,1-3H3,(H,18,21). The molecule has 3 rings (SSSR count). The number of carbonyl (C=O) groups excluding carboxylic acids is 1. The Bertz CT molecular complexity index is 879. The highest BCUT2D eigenvalue weighted by Crippen LogP contribution is 2.28. The van der Waals surface area contributed by atoms with Crippen LogP contribution in [0.4, 0.5) is 0 Å². The van der Waals surface area contributed by atoms with Gasteiger partial charge < -0.3 is 19.6 Å². The molecule has 7 heteroatoms. The van der Waals surface area contributed by atoms with E-state index in [-0.39, 0.29) is 12.3 Å². The fourth-order valence-electron chi connectivity index (χ4n) is 2.45. The third-order valence-corrected chi connectivity index (χ3v) is 3.87. The number of carbonyl (C=O) groups is 1. The number of furan rings is 1. The zero-order chi connectivity index (χ0) is 17.3. The Morgan fingerprint density at radius 2 is 2.29 bits per heavy atom. The minimum Gasteiger partial charge on any atom is -0.493 e. The average Bonchev–Trinajstić information content (AvgIpc) is 3.18. The summed E-state index contributed by atoms with van der Waals surface area (Å²) in [6, 6.07) is 7.07. The molecule has 2 aromatic heterocycles. The van der Waals surface area contributed by atoms with Gasteiger partial charge in [0.05, 0.1) is 19.9 Å². The van der Waals surface area contributed by atoms with Crippen molar-refractivity contribution in [2.45, 2.75) is 12.5 Å². The summed E-state index contributed by atoms with van der Waals surface area (Å²) < 4.78 is 12.4. The number of aliphatic hydroxyl groups is 1. The van der Waals surface area contributed by atoms with Crippen molar-refractivity contribution in [3.05, 3.63) is 48.0 Å². The van der Waals surface area contributed by atoms with Crippen LogP contribution in [0.25, 0.3) is 11.0 Å². The molecule has 0 bridgehead atoms.